The van der Waals surface area contributed by atoms with E-state index in [9.17, 15) is 9.59 Å². The molecule has 0 heterocycles. The van der Waals surface area contributed by atoms with Crippen LogP contribution < -0.4 is 0 Å². The van der Waals surface area contributed by atoms with Crippen molar-refractivity contribution in [3.05, 3.63) is 0 Å². The first kappa shape index (κ1) is 13.7. The van der Waals surface area contributed by atoms with Crippen LogP contribution in [0.4, 0.5) is 0 Å². The van der Waals surface area contributed by atoms with Gasteiger partial charge in [0.05, 0.1) is 0 Å². The van der Waals surface area contributed by atoms with Crippen LogP contribution in [-0.4, -0.2) is 25.4 Å². The van der Waals surface area contributed by atoms with E-state index in [1.54, 1.807) is 0 Å². The number of unbranched alkanes of at least 4 members (excludes halogenated alkanes) is 1. The molecular weight excluding hydrogens is 372 g/mol. The summed E-state index contributed by atoms with van der Waals surface area (Å²) in [7, 11) is 0. The first-order valence-corrected chi connectivity index (χ1v) is 6.02. The van der Waals surface area contributed by atoms with E-state index in [-0.39, 0.29) is 13.0 Å². The summed E-state index contributed by atoms with van der Waals surface area (Å²) in [6.07, 6.45) is 1.24. The summed E-state index contributed by atoms with van der Waals surface area (Å²) in [4.78, 5) is 22.3. The molecule has 0 aliphatic heterocycles. The lowest BCUT2D eigenvalue weighted by molar-refractivity contribution is -0.135. The van der Waals surface area contributed by atoms with Gasteiger partial charge in [0.2, 0.25) is 11.6 Å². The maximum absolute atomic E-state index is 11.2. The van der Waals surface area contributed by atoms with Crippen LogP contribution >= 0.6 is 47.8 Å². The van der Waals surface area contributed by atoms with Crippen molar-refractivity contribution in [2.75, 3.05) is 6.61 Å². The SMILES string of the molecule is O=C(CCCCO)C(=O)C(Br)(Br)Br. The van der Waals surface area contributed by atoms with E-state index in [2.05, 4.69) is 47.8 Å². The third kappa shape index (κ3) is 5.93. The number of Topliss-reactive ketones (excluding diaryl/α,β-unsaturated/α-hetero) is 2. The third-order valence-electron chi connectivity index (χ3n) is 1.32. The number of carbonyl (C=O) groups is 2. The van der Waals surface area contributed by atoms with Crippen LogP contribution in [0.25, 0.3) is 0 Å². The molecule has 13 heavy (non-hydrogen) atoms. The molecule has 0 radical (unpaired) electrons. The second-order valence-corrected chi connectivity index (χ2v) is 9.19. The fourth-order valence-corrected chi connectivity index (χ4v) is 1.33. The summed E-state index contributed by atoms with van der Waals surface area (Å²) in [6, 6.07) is 0. The molecule has 76 valence electrons. The van der Waals surface area contributed by atoms with E-state index in [1.807, 2.05) is 0 Å². The zero-order valence-corrected chi connectivity index (χ0v) is 11.5. The van der Waals surface area contributed by atoms with E-state index in [4.69, 9.17) is 5.11 Å². The van der Waals surface area contributed by atoms with Crippen LogP contribution in [0.2, 0.25) is 0 Å². The monoisotopic (exact) mass is 378 g/mol. The van der Waals surface area contributed by atoms with Gasteiger partial charge in [0.1, 0.15) is 0 Å². The largest absolute Gasteiger partial charge is 0.396 e. The van der Waals surface area contributed by atoms with Crippen molar-refractivity contribution in [2.24, 2.45) is 0 Å². The lowest BCUT2D eigenvalue weighted by Gasteiger charge is -2.08. The Hall–Kier alpha value is 0.740. The van der Waals surface area contributed by atoms with Gasteiger partial charge >= 0.3 is 0 Å². The van der Waals surface area contributed by atoms with Gasteiger partial charge in [-0.15, -0.1) is 0 Å². The van der Waals surface area contributed by atoms with Gasteiger partial charge in [0.15, 0.2) is 2.14 Å². The topological polar surface area (TPSA) is 54.4 Å². The molecule has 0 amide bonds. The first-order valence-electron chi connectivity index (χ1n) is 3.64. The standard InChI is InChI=1S/C7H9Br3O3/c8-7(9,10)6(13)5(12)3-1-2-4-11/h11H,1-4H2. The lowest BCUT2D eigenvalue weighted by atomic mass is 10.1. The highest BCUT2D eigenvalue weighted by molar-refractivity contribution is 9.40. The second-order valence-electron chi connectivity index (χ2n) is 2.43. The lowest BCUT2D eigenvalue weighted by Crippen LogP contribution is -2.26. The first-order chi connectivity index (χ1) is 5.89. The summed E-state index contributed by atoms with van der Waals surface area (Å²) >= 11 is 8.90. The van der Waals surface area contributed by atoms with Gasteiger partial charge in [-0.25, -0.2) is 0 Å². The molecule has 0 saturated heterocycles. The quantitative estimate of drug-likeness (QED) is 0.451. The molecule has 0 unspecified atom stereocenters. The number of aliphatic hydroxyl groups excluding tert-OH is 1. The molecule has 0 rings (SSSR count). The van der Waals surface area contributed by atoms with Crippen molar-refractivity contribution in [3.8, 4) is 0 Å². The number of ketones is 2. The Labute approximate surface area is 102 Å². The smallest absolute Gasteiger partial charge is 0.236 e. The van der Waals surface area contributed by atoms with Crippen LogP contribution in [0.5, 0.6) is 0 Å². The van der Waals surface area contributed by atoms with Crippen molar-refractivity contribution in [1.82, 2.24) is 0 Å². The van der Waals surface area contributed by atoms with Gasteiger partial charge in [-0.2, -0.15) is 0 Å². The Morgan fingerprint density at radius 2 is 1.69 bits per heavy atom. The van der Waals surface area contributed by atoms with Gasteiger partial charge in [-0.3, -0.25) is 9.59 Å². The highest BCUT2D eigenvalue weighted by Crippen LogP contribution is 2.34. The summed E-state index contributed by atoms with van der Waals surface area (Å²) in [5.41, 5.74) is 0. The van der Waals surface area contributed by atoms with Gasteiger partial charge in [0.25, 0.3) is 0 Å². The number of halogens is 3. The molecule has 0 bridgehead atoms. The second kappa shape index (κ2) is 6.27. The minimum absolute atomic E-state index is 0.0452. The van der Waals surface area contributed by atoms with E-state index >= 15 is 0 Å². The average molecular weight is 381 g/mol. The number of hydrogen-bond acceptors (Lipinski definition) is 3. The fraction of sp³-hybridized carbons (Fsp3) is 0.714. The molecule has 0 aliphatic carbocycles. The van der Waals surface area contributed by atoms with E-state index < -0.39 is 13.7 Å². The van der Waals surface area contributed by atoms with E-state index in [1.165, 1.54) is 0 Å². The van der Waals surface area contributed by atoms with Crippen molar-refractivity contribution >= 4 is 59.4 Å². The maximum atomic E-state index is 11.2. The van der Waals surface area contributed by atoms with Gasteiger partial charge in [-0.1, -0.05) is 47.8 Å². The van der Waals surface area contributed by atoms with Crippen LogP contribution in [-0.2, 0) is 9.59 Å². The molecular formula is C7H9Br3O3. The predicted molar refractivity (Wildman–Crippen MR) is 60.5 cm³/mol. The van der Waals surface area contributed by atoms with E-state index in [0.717, 1.165) is 0 Å². The molecule has 0 atom stereocenters. The van der Waals surface area contributed by atoms with Crippen molar-refractivity contribution in [3.63, 3.8) is 0 Å². The summed E-state index contributed by atoms with van der Waals surface area (Å²) in [5.74, 6) is -1.02. The summed E-state index contributed by atoms with van der Waals surface area (Å²) in [5, 5.41) is 8.45. The highest BCUT2D eigenvalue weighted by Gasteiger charge is 2.33. The zero-order chi connectivity index (χ0) is 10.5. The number of hydrogen-bond donors (Lipinski definition) is 1. The maximum Gasteiger partial charge on any atom is 0.236 e. The van der Waals surface area contributed by atoms with Crippen molar-refractivity contribution in [1.29, 1.82) is 0 Å². The molecule has 0 saturated carbocycles. The van der Waals surface area contributed by atoms with E-state index in [0.29, 0.717) is 12.8 Å². The number of alkyl halides is 3. The third-order valence-corrected chi connectivity index (χ3v) is 2.40. The fourth-order valence-electron chi connectivity index (χ4n) is 0.669. The number of aliphatic hydroxyl groups is 1. The summed E-state index contributed by atoms with van der Waals surface area (Å²) in [6.45, 7) is 0.0452. The molecule has 0 spiro atoms. The van der Waals surface area contributed by atoms with Crippen LogP contribution in [0.1, 0.15) is 19.3 Å². The van der Waals surface area contributed by atoms with Crippen molar-refractivity contribution < 1.29 is 14.7 Å². The molecule has 0 aromatic heterocycles. The predicted octanol–water partition coefficient (Wildman–Crippen LogP) is 2.13. The minimum Gasteiger partial charge on any atom is -0.396 e. The zero-order valence-electron chi connectivity index (χ0n) is 6.73. The molecule has 0 aliphatic rings. The molecule has 0 fully saturated rings. The molecule has 0 aromatic rings. The number of rotatable bonds is 5. The number of carbonyl (C=O) groups excluding carboxylic acids is 2. The van der Waals surface area contributed by atoms with Gasteiger partial charge < -0.3 is 5.11 Å². The molecule has 3 nitrogen and oxygen atoms in total. The Bertz CT molecular complexity index is 198. The van der Waals surface area contributed by atoms with Crippen LogP contribution in [0.3, 0.4) is 0 Å². The Balaban J connectivity index is 3.92. The van der Waals surface area contributed by atoms with Gasteiger partial charge in [0, 0.05) is 13.0 Å². The van der Waals surface area contributed by atoms with Crippen LogP contribution in [0, 0.1) is 0 Å². The highest BCUT2D eigenvalue weighted by atomic mass is 80.0. The molecule has 6 heteroatoms. The van der Waals surface area contributed by atoms with Gasteiger partial charge in [-0.05, 0) is 12.8 Å². The minimum atomic E-state index is -1.14. The average Bonchev–Trinajstić information content (AvgIpc) is 2.01. The molecule has 1 N–H and O–H groups in total. The molecule has 0 aromatic carbocycles. The Morgan fingerprint density at radius 3 is 2.08 bits per heavy atom. The summed E-state index contributed by atoms with van der Waals surface area (Å²) < 4.78 is -1.14. The normalized spacial score (nSPS) is 11.4. The van der Waals surface area contributed by atoms with Crippen molar-refractivity contribution in [2.45, 2.75) is 21.4 Å². The Kier molecular flexibility index (Phi) is 6.62. The Morgan fingerprint density at radius 1 is 1.15 bits per heavy atom. The van der Waals surface area contributed by atoms with Crippen LogP contribution in [0.15, 0.2) is 0 Å².